The van der Waals surface area contributed by atoms with Crippen molar-refractivity contribution in [1.82, 2.24) is 5.32 Å². The first-order valence-corrected chi connectivity index (χ1v) is 7.74. The van der Waals surface area contributed by atoms with Gasteiger partial charge in [0.15, 0.2) is 0 Å². The van der Waals surface area contributed by atoms with Crippen LogP contribution < -0.4 is 5.32 Å². The van der Waals surface area contributed by atoms with Crippen molar-refractivity contribution in [3.63, 3.8) is 0 Å². The van der Waals surface area contributed by atoms with Crippen LogP contribution in [0.5, 0.6) is 0 Å². The molecular weight excluding hydrogens is 226 g/mol. The van der Waals surface area contributed by atoms with E-state index in [-0.39, 0.29) is 11.7 Å². The molecule has 0 bridgehead atoms. The van der Waals surface area contributed by atoms with Crippen LogP contribution in [0.1, 0.15) is 51.9 Å². The van der Waals surface area contributed by atoms with Gasteiger partial charge in [0.25, 0.3) is 0 Å². The highest BCUT2D eigenvalue weighted by molar-refractivity contribution is 5.02. The van der Waals surface area contributed by atoms with E-state index in [9.17, 15) is 5.11 Å². The average Bonchev–Trinajstić information content (AvgIpc) is 3.13. The van der Waals surface area contributed by atoms with Crippen LogP contribution in [0.25, 0.3) is 0 Å². The molecule has 3 fully saturated rings. The Morgan fingerprint density at radius 3 is 2.94 bits per heavy atom. The molecule has 1 saturated heterocycles. The second kappa shape index (κ2) is 5.10. The van der Waals surface area contributed by atoms with Gasteiger partial charge in [0.2, 0.25) is 0 Å². The number of rotatable bonds is 4. The lowest BCUT2D eigenvalue weighted by Crippen LogP contribution is -2.45. The molecule has 5 unspecified atom stereocenters. The number of fused-ring (bicyclic) bond motifs is 1. The van der Waals surface area contributed by atoms with Crippen molar-refractivity contribution in [2.24, 2.45) is 11.8 Å². The SMILES string of the molecule is CC1(CCNC2CCCCC2O)OCCC2CC21. The summed E-state index contributed by atoms with van der Waals surface area (Å²) in [7, 11) is 0. The van der Waals surface area contributed by atoms with Crippen molar-refractivity contribution < 1.29 is 9.84 Å². The summed E-state index contributed by atoms with van der Waals surface area (Å²) in [6.07, 6.45) is 8.15. The van der Waals surface area contributed by atoms with E-state index in [1.165, 1.54) is 25.7 Å². The summed E-state index contributed by atoms with van der Waals surface area (Å²) in [5.74, 6) is 1.76. The minimum atomic E-state index is -0.132. The van der Waals surface area contributed by atoms with E-state index in [2.05, 4.69) is 12.2 Å². The molecule has 0 aromatic carbocycles. The Hall–Kier alpha value is -0.120. The molecule has 3 nitrogen and oxygen atoms in total. The number of nitrogens with one attached hydrogen (secondary N) is 1. The second-order valence-corrected chi connectivity index (χ2v) is 6.71. The Bertz CT molecular complexity index is 296. The zero-order valence-electron chi connectivity index (χ0n) is 11.5. The third-order valence-electron chi connectivity index (χ3n) is 5.38. The standard InChI is InChI=1S/C15H27NO2/c1-15(12-10-11(12)6-9-18-15)7-8-16-13-4-2-3-5-14(13)17/h11-14,16-17H,2-10H2,1H3. The van der Waals surface area contributed by atoms with Crippen LogP contribution in [-0.4, -0.2) is 36.0 Å². The Balaban J connectivity index is 1.43. The van der Waals surface area contributed by atoms with Crippen LogP contribution in [0.2, 0.25) is 0 Å². The molecule has 104 valence electrons. The van der Waals surface area contributed by atoms with Crippen LogP contribution in [0.3, 0.4) is 0 Å². The predicted molar refractivity (Wildman–Crippen MR) is 71.5 cm³/mol. The second-order valence-electron chi connectivity index (χ2n) is 6.71. The molecule has 3 rings (SSSR count). The van der Waals surface area contributed by atoms with Crippen molar-refractivity contribution >= 4 is 0 Å². The molecule has 1 heterocycles. The van der Waals surface area contributed by atoms with Gasteiger partial charge in [-0.05, 0) is 57.4 Å². The number of ether oxygens (including phenoxy) is 1. The maximum atomic E-state index is 9.94. The van der Waals surface area contributed by atoms with Gasteiger partial charge in [-0.25, -0.2) is 0 Å². The molecule has 0 aromatic heterocycles. The first-order chi connectivity index (χ1) is 8.69. The van der Waals surface area contributed by atoms with E-state index >= 15 is 0 Å². The number of aliphatic hydroxyl groups excluding tert-OH is 1. The highest BCUT2D eigenvalue weighted by Gasteiger charge is 2.52. The van der Waals surface area contributed by atoms with Crippen LogP contribution in [-0.2, 0) is 4.74 Å². The molecule has 2 aliphatic carbocycles. The maximum Gasteiger partial charge on any atom is 0.0697 e. The van der Waals surface area contributed by atoms with Crippen molar-refractivity contribution in [2.45, 2.75) is 69.6 Å². The topological polar surface area (TPSA) is 41.5 Å². The molecule has 5 atom stereocenters. The molecule has 0 radical (unpaired) electrons. The molecule has 0 spiro atoms. The van der Waals surface area contributed by atoms with E-state index in [0.717, 1.165) is 44.2 Å². The normalized spacial score (nSPS) is 47.7. The molecule has 0 amide bonds. The first kappa shape index (κ1) is 12.9. The zero-order chi connectivity index (χ0) is 12.6. The molecule has 3 heteroatoms. The van der Waals surface area contributed by atoms with Crippen LogP contribution >= 0.6 is 0 Å². The van der Waals surface area contributed by atoms with Crippen molar-refractivity contribution in [1.29, 1.82) is 0 Å². The highest BCUT2D eigenvalue weighted by atomic mass is 16.5. The molecule has 0 aromatic rings. The fourth-order valence-corrected chi connectivity index (χ4v) is 3.98. The lowest BCUT2D eigenvalue weighted by atomic mass is 9.90. The van der Waals surface area contributed by atoms with E-state index in [4.69, 9.17) is 4.74 Å². The van der Waals surface area contributed by atoms with Crippen LogP contribution in [0.4, 0.5) is 0 Å². The van der Waals surface area contributed by atoms with Gasteiger partial charge in [-0.1, -0.05) is 12.8 Å². The summed E-state index contributed by atoms with van der Waals surface area (Å²) in [6.45, 7) is 4.22. The Morgan fingerprint density at radius 1 is 1.28 bits per heavy atom. The third-order valence-corrected chi connectivity index (χ3v) is 5.38. The largest absolute Gasteiger partial charge is 0.392 e. The van der Waals surface area contributed by atoms with E-state index < -0.39 is 0 Å². The first-order valence-electron chi connectivity index (χ1n) is 7.74. The number of hydrogen-bond donors (Lipinski definition) is 2. The minimum Gasteiger partial charge on any atom is -0.392 e. The van der Waals surface area contributed by atoms with E-state index in [1.54, 1.807) is 0 Å². The molecule has 1 aliphatic heterocycles. The molecule has 18 heavy (non-hydrogen) atoms. The van der Waals surface area contributed by atoms with Gasteiger partial charge in [-0.3, -0.25) is 0 Å². The number of hydrogen-bond acceptors (Lipinski definition) is 3. The Morgan fingerprint density at radius 2 is 2.11 bits per heavy atom. The maximum absolute atomic E-state index is 9.94. The zero-order valence-corrected chi connectivity index (χ0v) is 11.5. The van der Waals surface area contributed by atoms with Crippen LogP contribution in [0, 0.1) is 11.8 Å². The summed E-state index contributed by atoms with van der Waals surface area (Å²) in [4.78, 5) is 0. The smallest absolute Gasteiger partial charge is 0.0697 e. The van der Waals surface area contributed by atoms with E-state index in [1.807, 2.05) is 0 Å². The van der Waals surface area contributed by atoms with Crippen molar-refractivity contribution in [3.05, 3.63) is 0 Å². The lowest BCUT2D eigenvalue weighted by Gasteiger charge is -2.35. The summed E-state index contributed by atoms with van der Waals surface area (Å²) >= 11 is 0. The predicted octanol–water partition coefficient (Wildman–Crippen LogP) is 2.08. The Labute approximate surface area is 110 Å². The fraction of sp³-hybridized carbons (Fsp3) is 1.00. The van der Waals surface area contributed by atoms with Gasteiger partial charge >= 0.3 is 0 Å². The quantitative estimate of drug-likeness (QED) is 0.806. The minimum absolute atomic E-state index is 0.107. The lowest BCUT2D eigenvalue weighted by molar-refractivity contribution is -0.0806. The van der Waals surface area contributed by atoms with Gasteiger partial charge in [0.1, 0.15) is 0 Å². The van der Waals surface area contributed by atoms with Gasteiger partial charge in [-0.2, -0.15) is 0 Å². The molecule has 2 saturated carbocycles. The highest BCUT2D eigenvalue weighted by Crippen LogP contribution is 2.54. The van der Waals surface area contributed by atoms with Gasteiger partial charge in [0.05, 0.1) is 11.7 Å². The van der Waals surface area contributed by atoms with Gasteiger partial charge < -0.3 is 15.2 Å². The monoisotopic (exact) mass is 253 g/mol. The summed E-state index contributed by atoms with van der Waals surface area (Å²) in [5, 5.41) is 13.5. The summed E-state index contributed by atoms with van der Waals surface area (Å²) in [6, 6.07) is 0.320. The summed E-state index contributed by atoms with van der Waals surface area (Å²) in [5.41, 5.74) is 0.107. The third kappa shape index (κ3) is 2.59. The molecule has 2 N–H and O–H groups in total. The molecule has 3 aliphatic rings. The van der Waals surface area contributed by atoms with Crippen molar-refractivity contribution in [2.75, 3.05) is 13.2 Å². The van der Waals surface area contributed by atoms with Gasteiger partial charge in [-0.15, -0.1) is 0 Å². The molecular formula is C15H27NO2. The number of aliphatic hydroxyl groups is 1. The average molecular weight is 253 g/mol. The Kier molecular flexibility index (Phi) is 3.65. The van der Waals surface area contributed by atoms with E-state index in [0.29, 0.717) is 6.04 Å². The fourth-order valence-electron chi connectivity index (χ4n) is 3.98. The van der Waals surface area contributed by atoms with Crippen LogP contribution in [0.15, 0.2) is 0 Å². The van der Waals surface area contributed by atoms with Crippen molar-refractivity contribution in [3.8, 4) is 0 Å². The summed E-state index contributed by atoms with van der Waals surface area (Å²) < 4.78 is 6.03. The van der Waals surface area contributed by atoms with Gasteiger partial charge in [0, 0.05) is 12.6 Å².